The highest BCUT2D eigenvalue weighted by atomic mass is 15.2. The highest BCUT2D eigenvalue weighted by Crippen LogP contribution is 2.07. The van der Waals surface area contributed by atoms with Gasteiger partial charge < -0.3 is 5.32 Å². The lowest BCUT2D eigenvalue weighted by atomic mass is 10.3. The summed E-state index contributed by atoms with van der Waals surface area (Å²) in [5, 5.41) is 3.25. The van der Waals surface area contributed by atoms with E-state index in [-0.39, 0.29) is 0 Å². The Morgan fingerprint density at radius 2 is 1.94 bits per heavy atom. The average Bonchev–Trinajstić information content (AvgIpc) is 2.86. The first-order valence-corrected chi connectivity index (χ1v) is 6.39. The maximum absolute atomic E-state index is 4.39. The second-order valence-corrected chi connectivity index (χ2v) is 4.14. The van der Waals surface area contributed by atoms with E-state index in [4.69, 9.17) is 0 Å². The van der Waals surface area contributed by atoms with Gasteiger partial charge in [0.2, 0.25) is 5.95 Å². The van der Waals surface area contributed by atoms with Gasteiger partial charge in [0.05, 0.1) is 0 Å². The monoisotopic (exact) mass is 245 g/mol. The topological polar surface area (TPSA) is 55.6 Å². The van der Waals surface area contributed by atoms with Gasteiger partial charge in [0.15, 0.2) is 0 Å². The summed E-state index contributed by atoms with van der Waals surface area (Å²) in [4.78, 5) is 13.1. The van der Waals surface area contributed by atoms with Crippen LogP contribution in [-0.2, 0) is 13.0 Å². The van der Waals surface area contributed by atoms with E-state index in [1.807, 2.05) is 23.2 Å². The Morgan fingerprint density at radius 1 is 1.17 bits per heavy atom. The average molecular weight is 245 g/mol. The van der Waals surface area contributed by atoms with Gasteiger partial charge in [0, 0.05) is 43.3 Å². The lowest BCUT2D eigenvalue weighted by Gasteiger charge is -2.06. The lowest BCUT2D eigenvalue weighted by molar-refractivity contribution is 0.716. The van der Waals surface area contributed by atoms with Crippen molar-refractivity contribution in [2.24, 2.45) is 0 Å². The maximum Gasteiger partial charge on any atom is 0.235 e. The van der Waals surface area contributed by atoms with Crippen LogP contribution >= 0.6 is 0 Å². The standard InChI is InChI=1S/C13H19N5/c1-3-5-12-15-6-7-18(12)13-16-9-11(10-17-13)8-14-4-2/h6-7,9-10,14H,3-5,8H2,1-2H3. The van der Waals surface area contributed by atoms with Crippen molar-refractivity contribution in [3.8, 4) is 5.95 Å². The zero-order valence-electron chi connectivity index (χ0n) is 10.9. The first-order chi connectivity index (χ1) is 8.85. The molecular weight excluding hydrogens is 226 g/mol. The van der Waals surface area contributed by atoms with Crippen LogP contribution in [0, 0.1) is 0 Å². The van der Waals surface area contributed by atoms with Crippen molar-refractivity contribution >= 4 is 0 Å². The van der Waals surface area contributed by atoms with Crippen LogP contribution < -0.4 is 5.32 Å². The molecule has 18 heavy (non-hydrogen) atoms. The van der Waals surface area contributed by atoms with Gasteiger partial charge in [-0.2, -0.15) is 0 Å². The number of rotatable bonds is 6. The number of hydrogen-bond donors (Lipinski definition) is 1. The lowest BCUT2D eigenvalue weighted by Crippen LogP contribution is -2.13. The van der Waals surface area contributed by atoms with E-state index in [1.54, 1.807) is 6.20 Å². The fourth-order valence-electron chi connectivity index (χ4n) is 1.76. The zero-order chi connectivity index (χ0) is 12.8. The van der Waals surface area contributed by atoms with Crippen molar-refractivity contribution in [1.29, 1.82) is 0 Å². The molecule has 0 aliphatic rings. The van der Waals surface area contributed by atoms with Gasteiger partial charge in [-0.25, -0.2) is 15.0 Å². The molecule has 2 aromatic heterocycles. The van der Waals surface area contributed by atoms with Gasteiger partial charge in [-0.15, -0.1) is 0 Å². The molecule has 5 heteroatoms. The molecule has 0 aliphatic carbocycles. The van der Waals surface area contributed by atoms with Crippen LogP contribution in [0.25, 0.3) is 5.95 Å². The quantitative estimate of drug-likeness (QED) is 0.842. The summed E-state index contributed by atoms with van der Waals surface area (Å²) < 4.78 is 1.94. The largest absolute Gasteiger partial charge is 0.313 e. The predicted octanol–water partition coefficient (Wildman–Crippen LogP) is 1.72. The van der Waals surface area contributed by atoms with Crippen molar-refractivity contribution in [1.82, 2.24) is 24.8 Å². The third kappa shape index (κ3) is 2.92. The van der Waals surface area contributed by atoms with Gasteiger partial charge in [-0.05, 0) is 13.0 Å². The van der Waals surface area contributed by atoms with Crippen LogP contribution in [0.4, 0.5) is 0 Å². The molecule has 0 saturated heterocycles. The number of aryl methyl sites for hydroxylation is 1. The minimum absolute atomic E-state index is 0.691. The molecule has 0 aromatic carbocycles. The number of aromatic nitrogens is 4. The summed E-state index contributed by atoms with van der Waals surface area (Å²) in [6.07, 6.45) is 9.43. The highest BCUT2D eigenvalue weighted by Gasteiger charge is 2.06. The van der Waals surface area contributed by atoms with Crippen LogP contribution in [0.3, 0.4) is 0 Å². The van der Waals surface area contributed by atoms with E-state index in [0.29, 0.717) is 5.95 Å². The molecule has 0 atom stereocenters. The Bertz CT molecular complexity index is 474. The summed E-state index contributed by atoms with van der Waals surface area (Å²) in [7, 11) is 0. The molecule has 2 heterocycles. The van der Waals surface area contributed by atoms with Gasteiger partial charge in [-0.3, -0.25) is 4.57 Å². The molecule has 2 aromatic rings. The molecule has 0 saturated carbocycles. The summed E-state index contributed by atoms with van der Waals surface area (Å²) >= 11 is 0. The molecule has 0 aliphatic heterocycles. The van der Waals surface area contributed by atoms with Crippen LogP contribution in [0.5, 0.6) is 0 Å². The SMILES string of the molecule is CCCc1nccn1-c1ncc(CNCC)cn1. The van der Waals surface area contributed by atoms with Gasteiger partial charge in [0.25, 0.3) is 0 Å². The van der Waals surface area contributed by atoms with Gasteiger partial charge in [0.1, 0.15) is 5.82 Å². The van der Waals surface area contributed by atoms with Crippen molar-refractivity contribution in [3.05, 3.63) is 36.2 Å². The summed E-state index contributed by atoms with van der Waals surface area (Å²) in [6, 6.07) is 0. The normalized spacial score (nSPS) is 10.8. The Balaban J connectivity index is 2.15. The molecule has 0 fully saturated rings. The van der Waals surface area contributed by atoms with Gasteiger partial charge in [-0.1, -0.05) is 13.8 Å². The molecule has 1 N–H and O–H groups in total. The third-order valence-corrected chi connectivity index (χ3v) is 2.68. The number of nitrogens with zero attached hydrogens (tertiary/aromatic N) is 4. The Hall–Kier alpha value is -1.75. The Labute approximate surface area is 107 Å². The number of nitrogens with one attached hydrogen (secondary N) is 1. The molecule has 5 nitrogen and oxygen atoms in total. The third-order valence-electron chi connectivity index (χ3n) is 2.68. The van der Waals surface area contributed by atoms with Crippen LogP contribution in [-0.4, -0.2) is 26.1 Å². The molecular formula is C13H19N5. The summed E-state index contributed by atoms with van der Waals surface area (Å²) in [5.74, 6) is 1.70. The van der Waals surface area contributed by atoms with Crippen molar-refractivity contribution in [3.63, 3.8) is 0 Å². The highest BCUT2D eigenvalue weighted by molar-refractivity contribution is 5.17. The van der Waals surface area contributed by atoms with E-state index >= 15 is 0 Å². The molecule has 0 radical (unpaired) electrons. The number of imidazole rings is 1. The van der Waals surface area contributed by atoms with E-state index < -0.39 is 0 Å². The Morgan fingerprint density at radius 3 is 2.61 bits per heavy atom. The molecule has 96 valence electrons. The van der Waals surface area contributed by atoms with E-state index in [2.05, 4.69) is 34.1 Å². The predicted molar refractivity (Wildman–Crippen MR) is 70.5 cm³/mol. The van der Waals surface area contributed by atoms with Crippen molar-refractivity contribution < 1.29 is 0 Å². The smallest absolute Gasteiger partial charge is 0.235 e. The fourth-order valence-corrected chi connectivity index (χ4v) is 1.76. The summed E-state index contributed by atoms with van der Waals surface area (Å²) in [6.45, 7) is 5.98. The molecule has 2 rings (SSSR count). The fraction of sp³-hybridized carbons (Fsp3) is 0.462. The maximum atomic E-state index is 4.39. The minimum atomic E-state index is 0.691. The van der Waals surface area contributed by atoms with Crippen molar-refractivity contribution in [2.75, 3.05) is 6.54 Å². The van der Waals surface area contributed by atoms with Crippen LogP contribution in [0.15, 0.2) is 24.8 Å². The first kappa shape index (κ1) is 12.7. The molecule has 0 spiro atoms. The first-order valence-electron chi connectivity index (χ1n) is 6.39. The minimum Gasteiger partial charge on any atom is -0.313 e. The van der Waals surface area contributed by atoms with E-state index in [1.165, 1.54) is 0 Å². The second kappa shape index (κ2) is 6.26. The van der Waals surface area contributed by atoms with E-state index in [0.717, 1.165) is 37.3 Å². The second-order valence-electron chi connectivity index (χ2n) is 4.14. The van der Waals surface area contributed by atoms with Crippen LogP contribution in [0.1, 0.15) is 31.7 Å². The van der Waals surface area contributed by atoms with Crippen LogP contribution in [0.2, 0.25) is 0 Å². The van der Waals surface area contributed by atoms with Crippen molar-refractivity contribution in [2.45, 2.75) is 33.2 Å². The van der Waals surface area contributed by atoms with Gasteiger partial charge >= 0.3 is 0 Å². The zero-order valence-corrected chi connectivity index (χ0v) is 10.9. The summed E-state index contributed by atoms with van der Waals surface area (Å²) in [5.41, 5.74) is 1.10. The van der Waals surface area contributed by atoms with E-state index in [9.17, 15) is 0 Å². The Kier molecular flexibility index (Phi) is 4.41. The molecule has 0 bridgehead atoms. The molecule has 0 unspecified atom stereocenters. The molecule has 0 amide bonds. The number of hydrogen-bond acceptors (Lipinski definition) is 4.